The van der Waals surface area contributed by atoms with E-state index in [-0.39, 0.29) is 6.04 Å². The molecular formula is C50H35N. The van der Waals surface area contributed by atoms with Crippen LogP contribution in [0.25, 0.3) is 66.4 Å². The molecule has 2 unspecified atom stereocenters. The number of benzene rings is 7. The topological polar surface area (TPSA) is 3.24 Å². The number of fused-ring (bicyclic) bond motifs is 7. The maximum atomic E-state index is 2.60. The van der Waals surface area contributed by atoms with E-state index in [1.807, 2.05) is 0 Å². The first-order valence-corrected chi connectivity index (χ1v) is 18.2. The first-order chi connectivity index (χ1) is 25.3. The highest BCUT2D eigenvalue weighted by Gasteiger charge is 2.42. The van der Waals surface area contributed by atoms with Crippen LogP contribution in [0.1, 0.15) is 24.3 Å². The number of hydrogen-bond donors (Lipinski definition) is 0. The second-order valence-corrected chi connectivity index (χ2v) is 14.3. The Morgan fingerprint density at radius 1 is 0.510 bits per heavy atom. The second kappa shape index (κ2) is 11.2. The Bertz CT molecular complexity index is 2620. The van der Waals surface area contributed by atoms with Gasteiger partial charge in [0, 0.05) is 17.3 Å². The van der Waals surface area contributed by atoms with E-state index in [0.717, 1.165) is 12.8 Å². The minimum atomic E-state index is 0.272. The zero-order chi connectivity index (χ0) is 33.5. The highest BCUT2D eigenvalue weighted by atomic mass is 15.2. The van der Waals surface area contributed by atoms with Gasteiger partial charge in [-0.1, -0.05) is 152 Å². The monoisotopic (exact) mass is 649 g/mol. The van der Waals surface area contributed by atoms with Gasteiger partial charge in [0.2, 0.25) is 0 Å². The van der Waals surface area contributed by atoms with Crippen molar-refractivity contribution in [2.75, 3.05) is 4.90 Å². The summed E-state index contributed by atoms with van der Waals surface area (Å²) in [6, 6.07) is 56.8. The van der Waals surface area contributed by atoms with Gasteiger partial charge < -0.3 is 4.90 Å². The third-order valence-electron chi connectivity index (χ3n) is 11.6. The van der Waals surface area contributed by atoms with Gasteiger partial charge >= 0.3 is 0 Å². The Morgan fingerprint density at radius 3 is 1.96 bits per heavy atom. The molecule has 0 saturated heterocycles. The molecule has 7 aromatic carbocycles. The first kappa shape index (κ1) is 28.6. The van der Waals surface area contributed by atoms with Gasteiger partial charge in [0.05, 0.1) is 6.04 Å². The maximum absolute atomic E-state index is 2.60. The SMILES string of the molecule is C1=CC2=C(C=CC3c4ccccc4N(c4ccc(-c5cc(-c6ccccc6)c6c(c5-c5ccccc5)-c5cccc7cccc-6c57)cc4)C23)CC1. The summed E-state index contributed by atoms with van der Waals surface area (Å²) < 4.78 is 0. The summed E-state index contributed by atoms with van der Waals surface area (Å²) >= 11 is 0. The summed E-state index contributed by atoms with van der Waals surface area (Å²) in [5, 5.41) is 2.64. The van der Waals surface area contributed by atoms with E-state index in [4.69, 9.17) is 0 Å². The quantitative estimate of drug-likeness (QED) is 0.183. The van der Waals surface area contributed by atoms with Crippen LogP contribution in [0.15, 0.2) is 187 Å². The summed E-state index contributed by atoms with van der Waals surface area (Å²) in [4.78, 5) is 2.60. The van der Waals surface area contributed by atoms with Crippen LogP contribution in [-0.2, 0) is 0 Å². The van der Waals surface area contributed by atoms with Crippen molar-refractivity contribution >= 4 is 22.1 Å². The van der Waals surface area contributed by atoms with Gasteiger partial charge in [-0.05, 0) is 120 Å². The number of hydrogen-bond acceptors (Lipinski definition) is 1. The van der Waals surface area contributed by atoms with Gasteiger partial charge in [-0.2, -0.15) is 0 Å². The molecule has 1 aliphatic heterocycles. The van der Waals surface area contributed by atoms with Gasteiger partial charge in [-0.3, -0.25) is 0 Å². The number of rotatable bonds is 4. The van der Waals surface area contributed by atoms with Crippen molar-refractivity contribution < 1.29 is 0 Å². The molecule has 0 spiro atoms. The average molecular weight is 650 g/mol. The van der Waals surface area contributed by atoms with Crippen LogP contribution in [0.5, 0.6) is 0 Å². The lowest BCUT2D eigenvalue weighted by Crippen LogP contribution is -2.33. The summed E-state index contributed by atoms with van der Waals surface area (Å²) in [7, 11) is 0. The van der Waals surface area contributed by atoms with Gasteiger partial charge in [0.1, 0.15) is 0 Å². The summed E-state index contributed by atoms with van der Waals surface area (Å²) in [5.41, 5.74) is 19.8. The van der Waals surface area contributed by atoms with Crippen molar-refractivity contribution in [3.8, 4) is 55.6 Å². The molecule has 0 fully saturated rings. The Balaban J connectivity index is 1.14. The summed E-state index contributed by atoms with van der Waals surface area (Å²) in [6.07, 6.45) is 11.9. The molecule has 51 heavy (non-hydrogen) atoms. The molecule has 1 heterocycles. The molecule has 4 aliphatic rings. The number of para-hydroxylation sites is 1. The predicted octanol–water partition coefficient (Wildman–Crippen LogP) is 13.3. The average Bonchev–Trinajstić information content (AvgIpc) is 3.73. The smallest absolute Gasteiger partial charge is 0.0698 e. The molecule has 1 nitrogen and oxygen atoms in total. The van der Waals surface area contributed by atoms with E-state index in [9.17, 15) is 0 Å². The Labute approximate surface area is 299 Å². The Hall–Kier alpha value is -6.18. The largest absolute Gasteiger partial charge is 0.333 e. The second-order valence-electron chi connectivity index (χ2n) is 14.3. The van der Waals surface area contributed by atoms with Crippen molar-refractivity contribution in [3.05, 3.63) is 193 Å². The van der Waals surface area contributed by atoms with Crippen LogP contribution >= 0.6 is 0 Å². The van der Waals surface area contributed by atoms with E-state index in [1.165, 1.54) is 94.5 Å². The minimum absolute atomic E-state index is 0.272. The summed E-state index contributed by atoms with van der Waals surface area (Å²) in [6.45, 7) is 0. The standard InChI is InChI=1S/C50H35N/c1-3-13-32(14-4-1)44-31-43(47(36-16-5-2-6-17-36)49-42-23-12-19-35-18-11-22-41(46(35)42)48(44)49)34-25-28-37(29-26-34)51-45-24-10-9-21-39(45)40-30-27-33-15-7-8-20-38(33)50(40)51/h1-6,8-14,16-31,40,50H,7,15H2. The molecule has 7 aromatic rings. The lowest BCUT2D eigenvalue weighted by molar-refractivity contribution is 0.697. The molecule has 0 bridgehead atoms. The van der Waals surface area contributed by atoms with Crippen molar-refractivity contribution in [1.82, 2.24) is 0 Å². The van der Waals surface area contributed by atoms with Gasteiger partial charge in [-0.15, -0.1) is 0 Å². The lowest BCUT2D eigenvalue weighted by atomic mass is 9.80. The van der Waals surface area contributed by atoms with Crippen LogP contribution in [-0.4, -0.2) is 6.04 Å². The zero-order valence-electron chi connectivity index (χ0n) is 28.3. The van der Waals surface area contributed by atoms with Gasteiger partial charge in [-0.25, -0.2) is 0 Å². The third-order valence-corrected chi connectivity index (χ3v) is 11.6. The van der Waals surface area contributed by atoms with Gasteiger partial charge in [0.25, 0.3) is 0 Å². The Kier molecular flexibility index (Phi) is 6.27. The van der Waals surface area contributed by atoms with Gasteiger partial charge in [0.15, 0.2) is 0 Å². The number of nitrogens with zero attached hydrogens (tertiary/aromatic N) is 1. The molecule has 2 atom stereocenters. The molecule has 11 rings (SSSR count). The summed E-state index contributed by atoms with van der Waals surface area (Å²) in [5.74, 6) is 0.349. The van der Waals surface area contributed by atoms with E-state index >= 15 is 0 Å². The highest BCUT2D eigenvalue weighted by Crippen LogP contribution is 2.57. The van der Waals surface area contributed by atoms with Crippen LogP contribution in [0.2, 0.25) is 0 Å². The normalized spacial score (nSPS) is 17.8. The molecule has 240 valence electrons. The van der Waals surface area contributed by atoms with Crippen molar-refractivity contribution in [1.29, 1.82) is 0 Å². The molecule has 3 aliphatic carbocycles. The molecular weight excluding hydrogens is 615 g/mol. The van der Waals surface area contributed by atoms with E-state index < -0.39 is 0 Å². The maximum Gasteiger partial charge on any atom is 0.0698 e. The predicted molar refractivity (Wildman–Crippen MR) is 214 cm³/mol. The fourth-order valence-corrected chi connectivity index (χ4v) is 9.47. The third kappa shape index (κ3) is 4.22. The fraction of sp³-hybridized carbons (Fsp3) is 0.0800. The first-order valence-electron chi connectivity index (χ1n) is 18.2. The molecule has 0 aromatic heterocycles. The molecule has 0 radical (unpaired) electrons. The highest BCUT2D eigenvalue weighted by molar-refractivity contribution is 6.22. The van der Waals surface area contributed by atoms with Crippen LogP contribution in [0.4, 0.5) is 11.4 Å². The molecule has 1 heteroatoms. The van der Waals surface area contributed by atoms with E-state index in [0.29, 0.717) is 5.92 Å². The van der Waals surface area contributed by atoms with Crippen LogP contribution < -0.4 is 4.90 Å². The van der Waals surface area contributed by atoms with Crippen LogP contribution in [0, 0.1) is 0 Å². The van der Waals surface area contributed by atoms with E-state index in [2.05, 4.69) is 181 Å². The molecule has 0 N–H and O–H groups in total. The number of allylic oxidation sites excluding steroid dienone is 3. The lowest BCUT2D eigenvalue weighted by Gasteiger charge is -2.35. The minimum Gasteiger partial charge on any atom is -0.333 e. The molecule has 0 saturated carbocycles. The molecule has 0 amide bonds. The number of anilines is 2. The van der Waals surface area contributed by atoms with E-state index in [1.54, 1.807) is 0 Å². The Morgan fingerprint density at radius 2 is 1.18 bits per heavy atom. The van der Waals surface area contributed by atoms with Crippen molar-refractivity contribution in [2.24, 2.45) is 0 Å². The zero-order valence-corrected chi connectivity index (χ0v) is 28.3. The van der Waals surface area contributed by atoms with Crippen molar-refractivity contribution in [2.45, 2.75) is 24.8 Å². The van der Waals surface area contributed by atoms with Crippen LogP contribution in [0.3, 0.4) is 0 Å². The fourth-order valence-electron chi connectivity index (χ4n) is 9.47. The van der Waals surface area contributed by atoms with Crippen molar-refractivity contribution in [3.63, 3.8) is 0 Å².